The number of carbonyl (C=O) groups excluding carboxylic acids is 2. The van der Waals surface area contributed by atoms with Crippen molar-refractivity contribution in [3.05, 3.63) is 65.7 Å². The maximum atomic E-state index is 13.4. The molecule has 0 saturated heterocycles. The fraction of sp³-hybridized carbons (Fsp3) is 0.481. The molecule has 8 heteroatoms. The molecule has 0 radical (unpaired) electrons. The second-order valence-electron chi connectivity index (χ2n) is 8.79. The predicted octanol–water partition coefficient (Wildman–Crippen LogP) is 4.26. The average Bonchev–Trinajstić information content (AvgIpc) is 2.82. The molecule has 0 aliphatic carbocycles. The molecular formula is C27H39N3O4S. The maximum absolute atomic E-state index is 13.4. The van der Waals surface area contributed by atoms with Crippen LogP contribution in [0, 0.1) is 6.92 Å². The Balaban J connectivity index is 2.19. The summed E-state index contributed by atoms with van der Waals surface area (Å²) in [4.78, 5) is 28.1. The fourth-order valence-corrected chi connectivity index (χ4v) is 4.96. The molecule has 2 aromatic carbocycles. The quantitative estimate of drug-likeness (QED) is 0.392. The molecule has 0 fully saturated rings. The molecule has 2 rings (SSSR count). The minimum atomic E-state index is -3.49. The third-order valence-electron chi connectivity index (χ3n) is 6.01. The number of sulfonamides is 1. The van der Waals surface area contributed by atoms with Crippen LogP contribution >= 0.6 is 0 Å². The third kappa shape index (κ3) is 8.69. The molecule has 2 amide bonds. The molecule has 1 unspecified atom stereocenters. The SMILES string of the molecule is CCCCNC(=O)C(CC)N(Cc1ccccc1C)C(=O)CCCN(c1ccccc1)S(C)(=O)=O. The first-order valence-electron chi connectivity index (χ1n) is 12.3. The first-order chi connectivity index (χ1) is 16.7. The highest BCUT2D eigenvalue weighted by atomic mass is 32.2. The molecule has 1 N–H and O–H groups in total. The van der Waals surface area contributed by atoms with E-state index in [4.69, 9.17) is 0 Å². The fourth-order valence-electron chi connectivity index (χ4n) is 3.99. The smallest absolute Gasteiger partial charge is 0.242 e. The predicted molar refractivity (Wildman–Crippen MR) is 142 cm³/mol. The number of hydrogen-bond donors (Lipinski definition) is 1. The van der Waals surface area contributed by atoms with E-state index in [0.717, 1.165) is 24.0 Å². The second-order valence-corrected chi connectivity index (χ2v) is 10.7. The Morgan fingerprint density at radius 3 is 2.23 bits per heavy atom. The Morgan fingerprint density at radius 1 is 0.971 bits per heavy atom. The lowest BCUT2D eigenvalue weighted by Crippen LogP contribution is -2.49. The van der Waals surface area contributed by atoms with Crippen molar-refractivity contribution in [3.63, 3.8) is 0 Å². The van der Waals surface area contributed by atoms with Crippen molar-refractivity contribution in [2.45, 2.75) is 65.5 Å². The first-order valence-corrected chi connectivity index (χ1v) is 14.2. The Labute approximate surface area is 210 Å². The Morgan fingerprint density at radius 2 is 1.63 bits per heavy atom. The zero-order valence-electron chi connectivity index (χ0n) is 21.4. The number of rotatable bonds is 14. The number of aryl methyl sites for hydroxylation is 1. The van der Waals surface area contributed by atoms with Crippen LogP contribution in [0.25, 0.3) is 0 Å². The van der Waals surface area contributed by atoms with E-state index < -0.39 is 16.1 Å². The van der Waals surface area contributed by atoms with Gasteiger partial charge in [-0.2, -0.15) is 0 Å². The minimum absolute atomic E-state index is 0.142. The number of benzene rings is 2. The van der Waals surface area contributed by atoms with Gasteiger partial charge in [0.2, 0.25) is 21.8 Å². The zero-order valence-corrected chi connectivity index (χ0v) is 22.2. The number of nitrogens with one attached hydrogen (secondary N) is 1. The standard InChI is InChI=1S/C27H39N3O4S/c1-5-7-19-28-27(32)25(6-2)29(21-23-15-12-11-14-22(23)3)26(31)18-13-20-30(35(4,33)34)24-16-9-8-10-17-24/h8-12,14-17,25H,5-7,13,18-21H2,1-4H3,(H,28,32). The van der Waals surface area contributed by atoms with Crippen molar-refractivity contribution in [2.24, 2.45) is 0 Å². The van der Waals surface area contributed by atoms with Crippen LogP contribution in [0.1, 0.15) is 57.1 Å². The molecule has 35 heavy (non-hydrogen) atoms. The molecule has 0 spiro atoms. The molecule has 0 aliphatic heterocycles. The lowest BCUT2D eigenvalue weighted by molar-refractivity contribution is -0.141. The van der Waals surface area contributed by atoms with Crippen LogP contribution in [0.15, 0.2) is 54.6 Å². The van der Waals surface area contributed by atoms with Gasteiger partial charge in [0.1, 0.15) is 6.04 Å². The van der Waals surface area contributed by atoms with Crippen molar-refractivity contribution in [1.29, 1.82) is 0 Å². The molecule has 7 nitrogen and oxygen atoms in total. The van der Waals surface area contributed by atoms with E-state index in [1.54, 1.807) is 29.2 Å². The minimum Gasteiger partial charge on any atom is -0.354 e. The number of para-hydroxylation sites is 1. The van der Waals surface area contributed by atoms with Gasteiger partial charge in [0, 0.05) is 26.1 Å². The van der Waals surface area contributed by atoms with E-state index >= 15 is 0 Å². The van der Waals surface area contributed by atoms with Gasteiger partial charge in [-0.25, -0.2) is 8.42 Å². The first kappa shape index (κ1) is 28.4. The van der Waals surface area contributed by atoms with Crippen LogP contribution in [0.3, 0.4) is 0 Å². The van der Waals surface area contributed by atoms with Gasteiger partial charge in [-0.15, -0.1) is 0 Å². The number of amides is 2. The van der Waals surface area contributed by atoms with Gasteiger partial charge >= 0.3 is 0 Å². The van der Waals surface area contributed by atoms with Gasteiger partial charge in [-0.3, -0.25) is 13.9 Å². The summed E-state index contributed by atoms with van der Waals surface area (Å²) in [6.07, 6.45) is 4.01. The second kappa shape index (κ2) is 13.9. The van der Waals surface area contributed by atoms with E-state index in [2.05, 4.69) is 12.2 Å². The Bertz CT molecular complexity index is 1060. The number of hydrogen-bond acceptors (Lipinski definition) is 4. The Kier molecular flexibility index (Phi) is 11.2. The van der Waals surface area contributed by atoms with Crippen molar-refractivity contribution < 1.29 is 18.0 Å². The molecule has 0 saturated carbocycles. The molecule has 192 valence electrons. The van der Waals surface area contributed by atoms with Crippen LogP contribution in [0.2, 0.25) is 0 Å². The van der Waals surface area contributed by atoms with Crippen molar-refractivity contribution >= 4 is 27.5 Å². The van der Waals surface area contributed by atoms with Gasteiger partial charge < -0.3 is 10.2 Å². The van der Waals surface area contributed by atoms with E-state index in [9.17, 15) is 18.0 Å². The highest BCUT2D eigenvalue weighted by Gasteiger charge is 2.29. The van der Waals surface area contributed by atoms with Gasteiger partial charge in [0.15, 0.2) is 0 Å². The molecule has 1 atom stereocenters. The third-order valence-corrected chi connectivity index (χ3v) is 7.21. The summed E-state index contributed by atoms with van der Waals surface area (Å²) in [6, 6.07) is 16.1. The summed E-state index contributed by atoms with van der Waals surface area (Å²) < 4.78 is 26.1. The summed E-state index contributed by atoms with van der Waals surface area (Å²) in [5.41, 5.74) is 2.61. The summed E-state index contributed by atoms with van der Waals surface area (Å²) in [7, 11) is -3.49. The van der Waals surface area contributed by atoms with Gasteiger partial charge in [0.05, 0.1) is 11.9 Å². The number of anilines is 1. The van der Waals surface area contributed by atoms with Crippen molar-refractivity contribution in [2.75, 3.05) is 23.7 Å². The summed E-state index contributed by atoms with van der Waals surface area (Å²) >= 11 is 0. The number of nitrogens with zero attached hydrogens (tertiary/aromatic N) is 2. The number of unbranched alkanes of at least 4 members (excludes halogenated alkanes) is 1. The topological polar surface area (TPSA) is 86.8 Å². The monoisotopic (exact) mass is 501 g/mol. The molecule has 2 aromatic rings. The highest BCUT2D eigenvalue weighted by molar-refractivity contribution is 7.92. The van der Waals surface area contributed by atoms with Gasteiger partial charge in [-0.1, -0.05) is 62.7 Å². The van der Waals surface area contributed by atoms with Gasteiger partial charge in [0.25, 0.3) is 0 Å². The van der Waals surface area contributed by atoms with Crippen molar-refractivity contribution in [3.8, 4) is 0 Å². The molecule has 0 heterocycles. The van der Waals surface area contributed by atoms with E-state index in [1.165, 1.54) is 10.6 Å². The lowest BCUT2D eigenvalue weighted by Gasteiger charge is -2.31. The normalized spacial score (nSPS) is 12.1. The van der Waals surface area contributed by atoms with Crippen LogP contribution in [0.5, 0.6) is 0 Å². The van der Waals surface area contributed by atoms with Gasteiger partial charge in [-0.05, 0) is 49.4 Å². The molecule has 0 aromatic heterocycles. The summed E-state index contributed by atoms with van der Waals surface area (Å²) in [6.45, 7) is 7.06. The molecule has 0 bridgehead atoms. The summed E-state index contributed by atoms with van der Waals surface area (Å²) in [5.74, 6) is -0.308. The average molecular weight is 502 g/mol. The lowest BCUT2D eigenvalue weighted by atomic mass is 10.1. The van der Waals surface area contributed by atoms with Crippen LogP contribution in [-0.2, 0) is 26.2 Å². The van der Waals surface area contributed by atoms with Crippen molar-refractivity contribution in [1.82, 2.24) is 10.2 Å². The van der Waals surface area contributed by atoms with E-state index in [0.29, 0.717) is 31.6 Å². The van der Waals surface area contributed by atoms with Crippen LogP contribution < -0.4 is 9.62 Å². The Hall–Kier alpha value is -2.87. The zero-order chi connectivity index (χ0) is 25.8. The summed E-state index contributed by atoms with van der Waals surface area (Å²) in [5, 5.41) is 2.97. The van der Waals surface area contributed by atoms with Crippen LogP contribution in [0.4, 0.5) is 5.69 Å². The van der Waals surface area contributed by atoms with E-state index in [1.807, 2.05) is 44.2 Å². The largest absolute Gasteiger partial charge is 0.354 e. The highest BCUT2D eigenvalue weighted by Crippen LogP contribution is 2.20. The van der Waals surface area contributed by atoms with E-state index in [-0.39, 0.29) is 24.8 Å². The molecule has 0 aliphatic rings. The maximum Gasteiger partial charge on any atom is 0.242 e. The molecular weight excluding hydrogens is 462 g/mol. The number of carbonyl (C=O) groups is 2. The van der Waals surface area contributed by atoms with Crippen LogP contribution in [-0.4, -0.2) is 50.5 Å².